The number of benzene rings is 2. The highest BCUT2D eigenvalue weighted by Gasteiger charge is 2.54. The van der Waals surface area contributed by atoms with E-state index in [9.17, 15) is 19.2 Å². The topological polar surface area (TPSA) is 98.8 Å². The molecule has 3 aliphatic rings. The lowest BCUT2D eigenvalue weighted by Gasteiger charge is -2.32. The number of urea groups is 1. The predicted molar refractivity (Wildman–Crippen MR) is 122 cm³/mol. The van der Waals surface area contributed by atoms with Crippen LogP contribution in [-0.2, 0) is 27.2 Å². The number of rotatable bonds is 4. The van der Waals surface area contributed by atoms with Crippen LogP contribution in [0.2, 0.25) is 0 Å². The molecular formula is C25H26N4O4. The Bertz CT molecular complexity index is 1150. The second-order valence-corrected chi connectivity index (χ2v) is 9.16. The van der Waals surface area contributed by atoms with Gasteiger partial charge in [-0.05, 0) is 35.2 Å². The number of carbonyl (C=O) groups excluding carboxylic acids is 4. The Kier molecular flexibility index (Phi) is 5.15. The summed E-state index contributed by atoms with van der Waals surface area (Å²) in [6.45, 7) is 0.529. The molecule has 2 fully saturated rings. The third-order valence-electron chi connectivity index (χ3n) is 7.15. The largest absolute Gasteiger partial charge is 0.333 e. The van der Waals surface area contributed by atoms with Crippen molar-refractivity contribution in [2.45, 2.75) is 37.1 Å². The molecule has 0 aromatic heterocycles. The van der Waals surface area contributed by atoms with Gasteiger partial charge >= 0.3 is 6.03 Å². The van der Waals surface area contributed by atoms with Gasteiger partial charge in [0.1, 0.15) is 5.54 Å². The molecule has 2 saturated heterocycles. The van der Waals surface area contributed by atoms with Crippen LogP contribution in [-0.4, -0.2) is 59.2 Å². The average molecular weight is 447 g/mol. The summed E-state index contributed by atoms with van der Waals surface area (Å²) in [5.41, 5.74) is 2.83. The number of carbonyl (C=O) groups is 4. The van der Waals surface area contributed by atoms with Crippen molar-refractivity contribution >= 4 is 29.4 Å². The molecule has 0 radical (unpaired) electrons. The van der Waals surface area contributed by atoms with Gasteiger partial charge < -0.3 is 15.1 Å². The van der Waals surface area contributed by atoms with Crippen LogP contribution in [0.3, 0.4) is 0 Å². The molecule has 2 atom stereocenters. The van der Waals surface area contributed by atoms with Gasteiger partial charge in [-0.1, -0.05) is 36.4 Å². The van der Waals surface area contributed by atoms with Crippen LogP contribution in [0.25, 0.3) is 0 Å². The smallest absolute Gasteiger partial charge is 0.324 e. The maximum atomic E-state index is 12.7. The summed E-state index contributed by atoms with van der Waals surface area (Å²) < 4.78 is 0. The number of amides is 5. The highest BCUT2D eigenvalue weighted by atomic mass is 16.2. The molecule has 0 bridgehead atoms. The van der Waals surface area contributed by atoms with E-state index in [0.717, 1.165) is 17.5 Å². The van der Waals surface area contributed by atoms with E-state index in [4.69, 9.17) is 0 Å². The van der Waals surface area contributed by atoms with Crippen LogP contribution in [0.5, 0.6) is 0 Å². The highest BCUT2D eigenvalue weighted by molar-refractivity contribution is 6.07. The number of hydrogen-bond donors (Lipinski definition) is 2. The molecule has 8 heteroatoms. The Morgan fingerprint density at radius 1 is 1.09 bits per heavy atom. The molecule has 1 aliphatic carbocycles. The van der Waals surface area contributed by atoms with E-state index in [2.05, 4.69) is 22.8 Å². The van der Waals surface area contributed by atoms with Gasteiger partial charge in [-0.15, -0.1) is 0 Å². The molecule has 0 unspecified atom stereocenters. The van der Waals surface area contributed by atoms with Crippen molar-refractivity contribution in [2.75, 3.05) is 25.5 Å². The number of nitrogens with one attached hydrogen (secondary N) is 2. The number of fused-ring (bicyclic) bond motifs is 1. The molecule has 2 aliphatic heterocycles. The quantitative estimate of drug-likeness (QED) is 0.703. The number of piperidine rings is 1. The molecule has 2 heterocycles. The Morgan fingerprint density at radius 3 is 2.58 bits per heavy atom. The lowest BCUT2D eigenvalue weighted by Crippen LogP contribution is -2.48. The first-order valence-corrected chi connectivity index (χ1v) is 11.2. The maximum absolute atomic E-state index is 12.7. The molecule has 0 saturated carbocycles. The fraction of sp³-hybridized carbons (Fsp3) is 0.360. The zero-order valence-corrected chi connectivity index (χ0v) is 18.5. The van der Waals surface area contributed by atoms with E-state index in [1.807, 2.05) is 30.3 Å². The molecule has 8 nitrogen and oxygen atoms in total. The van der Waals surface area contributed by atoms with Gasteiger partial charge in [0.15, 0.2) is 0 Å². The van der Waals surface area contributed by atoms with Crippen molar-refractivity contribution in [1.29, 1.82) is 0 Å². The lowest BCUT2D eigenvalue weighted by atomic mass is 9.90. The van der Waals surface area contributed by atoms with Crippen LogP contribution < -0.4 is 10.6 Å². The number of hydrogen-bond acceptors (Lipinski definition) is 4. The van der Waals surface area contributed by atoms with Crippen LogP contribution >= 0.6 is 0 Å². The number of likely N-dealkylation sites (tertiary alicyclic amines) is 1. The van der Waals surface area contributed by atoms with Gasteiger partial charge in [-0.25, -0.2) is 4.79 Å². The fourth-order valence-electron chi connectivity index (χ4n) is 5.21. The third kappa shape index (κ3) is 3.75. The zero-order chi connectivity index (χ0) is 23.2. The van der Waals surface area contributed by atoms with Crippen molar-refractivity contribution in [2.24, 2.45) is 0 Å². The maximum Gasteiger partial charge on any atom is 0.324 e. The van der Waals surface area contributed by atoms with Crippen molar-refractivity contribution in [3.63, 3.8) is 0 Å². The predicted octanol–water partition coefficient (Wildman–Crippen LogP) is 2.05. The monoisotopic (exact) mass is 446 g/mol. The summed E-state index contributed by atoms with van der Waals surface area (Å²) in [6.07, 6.45) is 2.08. The summed E-state index contributed by atoms with van der Waals surface area (Å²) >= 11 is 0. The van der Waals surface area contributed by atoms with Gasteiger partial charge in [0, 0.05) is 44.5 Å². The average Bonchev–Trinajstić information content (AvgIpc) is 3.29. The highest BCUT2D eigenvalue weighted by Crippen LogP contribution is 2.38. The minimum Gasteiger partial charge on any atom is -0.333 e. The summed E-state index contributed by atoms with van der Waals surface area (Å²) in [7, 11) is 1.63. The van der Waals surface area contributed by atoms with Crippen LogP contribution in [0, 0.1) is 0 Å². The Balaban J connectivity index is 1.24. The van der Waals surface area contributed by atoms with Crippen molar-refractivity contribution < 1.29 is 19.2 Å². The number of anilines is 1. The molecule has 170 valence electrons. The molecule has 33 heavy (non-hydrogen) atoms. The van der Waals surface area contributed by atoms with Gasteiger partial charge in [0.25, 0.3) is 5.91 Å². The second kappa shape index (κ2) is 8.03. The van der Waals surface area contributed by atoms with E-state index in [1.54, 1.807) is 18.0 Å². The van der Waals surface area contributed by atoms with E-state index < -0.39 is 5.54 Å². The van der Waals surface area contributed by atoms with E-state index in [-0.39, 0.29) is 36.2 Å². The summed E-state index contributed by atoms with van der Waals surface area (Å²) in [5, 5.41) is 5.28. The SMILES string of the molecule is CN1C(=O)NC(=O)[C@]12Cc1ccc(NC(=O)CN3C[C@@H](c4ccccc4)CCC3=O)cc1C2. The zero-order valence-electron chi connectivity index (χ0n) is 18.5. The first-order valence-electron chi connectivity index (χ1n) is 11.2. The van der Waals surface area contributed by atoms with Crippen LogP contribution in [0.4, 0.5) is 10.5 Å². The first kappa shape index (κ1) is 21.2. The second-order valence-electron chi connectivity index (χ2n) is 9.16. The van der Waals surface area contributed by atoms with Gasteiger partial charge in [-0.2, -0.15) is 0 Å². The van der Waals surface area contributed by atoms with Gasteiger partial charge in [0.05, 0.1) is 6.54 Å². The normalized spacial score (nSPS) is 24.3. The molecule has 5 rings (SSSR count). The first-order chi connectivity index (χ1) is 15.9. The Labute approximate surface area is 191 Å². The summed E-state index contributed by atoms with van der Waals surface area (Å²) in [5.74, 6) is -0.317. The molecule has 2 N–H and O–H groups in total. The van der Waals surface area contributed by atoms with E-state index in [0.29, 0.717) is 31.5 Å². The molecule has 2 aromatic carbocycles. The molecule has 1 spiro atoms. The summed E-state index contributed by atoms with van der Waals surface area (Å²) in [6, 6.07) is 15.2. The minimum absolute atomic E-state index is 0.00281. The number of imide groups is 1. The van der Waals surface area contributed by atoms with Crippen molar-refractivity contribution in [3.8, 4) is 0 Å². The molecular weight excluding hydrogens is 420 g/mol. The fourth-order valence-corrected chi connectivity index (χ4v) is 5.21. The minimum atomic E-state index is -0.894. The van der Waals surface area contributed by atoms with Gasteiger partial charge in [-0.3, -0.25) is 19.7 Å². The van der Waals surface area contributed by atoms with Gasteiger partial charge in [0.2, 0.25) is 11.8 Å². The number of likely N-dealkylation sites (N-methyl/N-ethyl adjacent to an activating group) is 1. The van der Waals surface area contributed by atoms with Crippen LogP contribution in [0.15, 0.2) is 48.5 Å². The molecule has 5 amide bonds. The summed E-state index contributed by atoms with van der Waals surface area (Å²) in [4.78, 5) is 52.7. The Morgan fingerprint density at radius 2 is 1.85 bits per heavy atom. The molecule has 2 aromatic rings. The van der Waals surface area contributed by atoms with E-state index >= 15 is 0 Å². The number of nitrogens with zero attached hydrogens (tertiary/aromatic N) is 2. The standard InChI is InChI=1S/C25H26N4O4/c1-28-24(33)27-23(32)25(28)12-17-7-9-20(11-19(17)13-25)26-21(30)15-29-14-18(8-10-22(29)31)16-5-3-2-4-6-16/h2-7,9,11,18H,8,10,12-15H2,1H3,(H,26,30)(H,27,32,33)/t18-,25+/m0/s1. The lowest BCUT2D eigenvalue weighted by molar-refractivity contribution is -0.137. The van der Waals surface area contributed by atoms with Crippen LogP contribution in [0.1, 0.15) is 35.4 Å². The van der Waals surface area contributed by atoms with Crippen molar-refractivity contribution in [1.82, 2.24) is 15.1 Å². The Hall–Kier alpha value is -3.68. The van der Waals surface area contributed by atoms with E-state index in [1.165, 1.54) is 10.5 Å². The third-order valence-corrected chi connectivity index (χ3v) is 7.15. The van der Waals surface area contributed by atoms with Crippen molar-refractivity contribution in [3.05, 3.63) is 65.2 Å².